The minimum absolute atomic E-state index is 0. The van der Waals surface area contributed by atoms with Gasteiger partial charge in [0.15, 0.2) is 0 Å². The molecule has 12 nitrogen and oxygen atoms in total. The van der Waals surface area contributed by atoms with Crippen LogP contribution in [0.15, 0.2) is 66.9 Å². The van der Waals surface area contributed by atoms with Gasteiger partial charge < -0.3 is 21.1 Å². The van der Waals surface area contributed by atoms with E-state index < -0.39 is 11.9 Å². The van der Waals surface area contributed by atoms with Crippen LogP contribution in [0.25, 0.3) is 22.5 Å². The predicted octanol–water partition coefficient (Wildman–Crippen LogP) is 4.16. The van der Waals surface area contributed by atoms with Crippen LogP contribution in [0.2, 0.25) is 0 Å². The molecule has 2 aliphatic rings. The lowest BCUT2D eigenvalue weighted by Crippen LogP contribution is -2.50. The average molecular weight is 674 g/mol. The molecule has 2 amide bonds. The minimum Gasteiger partial charge on any atom is -0.372 e. The van der Waals surface area contributed by atoms with Gasteiger partial charge in [0, 0.05) is 36.3 Å². The number of nitrogens with zero attached hydrogens (tertiary/aromatic N) is 6. The Hall–Kier alpha value is -4.23. The Balaban J connectivity index is 0.00000451. The maximum Gasteiger partial charge on any atom is 0.251 e. The number of H-pyrrole nitrogens is 1. The minimum atomic E-state index is -0.915. The average Bonchev–Trinajstić information content (AvgIpc) is 3.64. The number of hydrogen-bond acceptors (Lipinski definition) is 10. The summed E-state index contributed by atoms with van der Waals surface area (Å²) in [6.45, 7) is 6.40. The number of nitrogens with two attached hydrogens (primary N) is 2. The van der Waals surface area contributed by atoms with Crippen molar-refractivity contribution >= 4 is 35.7 Å². The van der Waals surface area contributed by atoms with Crippen LogP contribution < -0.4 is 21.3 Å². The topological polar surface area (TPSA) is 169 Å². The van der Waals surface area contributed by atoms with Crippen LogP contribution in [0.5, 0.6) is 0 Å². The summed E-state index contributed by atoms with van der Waals surface area (Å²) in [6.07, 6.45) is 5.63. The number of amides is 2. The second kappa shape index (κ2) is 15.8. The Labute approximate surface area is 287 Å². The van der Waals surface area contributed by atoms with Crippen LogP contribution in [-0.4, -0.2) is 75.3 Å². The van der Waals surface area contributed by atoms with Crippen molar-refractivity contribution in [2.24, 2.45) is 23.3 Å². The maximum absolute atomic E-state index is 14.0. The lowest BCUT2D eigenvalue weighted by Gasteiger charge is -2.36. The summed E-state index contributed by atoms with van der Waals surface area (Å²) in [5.41, 5.74) is 16.5. The molecule has 0 bridgehead atoms. The van der Waals surface area contributed by atoms with Crippen LogP contribution in [0.1, 0.15) is 45.1 Å². The molecule has 1 aliphatic carbocycles. The number of halogens is 1. The van der Waals surface area contributed by atoms with E-state index in [0.717, 1.165) is 48.4 Å². The summed E-state index contributed by atoms with van der Waals surface area (Å²) >= 11 is 0. The third-order valence-electron chi connectivity index (χ3n) is 9.25. The Morgan fingerprint density at radius 2 is 1.58 bits per heavy atom. The number of hydrogen-bond donors (Lipinski definition) is 3. The quantitative estimate of drug-likeness (QED) is 0.235. The monoisotopic (exact) mass is 673 g/mol. The van der Waals surface area contributed by atoms with E-state index in [9.17, 15) is 9.59 Å². The molecule has 1 aliphatic heterocycles. The van der Waals surface area contributed by atoms with E-state index in [4.69, 9.17) is 21.2 Å². The first-order valence-corrected chi connectivity index (χ1v) is 16.4. The fourth-order valence-corrected chi connectivity index (χ4v) is 6.68. The van der Waals surface area contributed by atoms with Gasteiger partial charge in [0.2, 0.25) is 11.7 Å². The van der Waals surface area contributed by atoms with E-state index in [0.29, 0.717) is 42.4 Å². The number of aromatic nitrogens is 5. The Morgan fingerprint density at radius 1 is 0.938 bits per heavy atom. The number of ether oxygens (including phenoxy) is 1. The Morgan fingerprint density at radius 3 is 2.17 bits per heavy atom. The molecule has 0 spiro atoms. The van der Waals surface area contributed by atoms with Gasteiger partial charge in [-0.15, -0.1) is 22.6 Å². The standard InChI is InChI=1S/C35H43N9O3.ClH/c1-22-20-43(21-23(2)47-22)32-16-13-29(19-38-32)26-7-3-24(4-8-26)17-31(37)35(46)44(34(45)28-9-5-25(18-36)6-10-28)30-14-11-27(12-15-30)33-39-41-42-40-33;/h3-4,7-8,11-16,19,22-23,25,28,31H,5-6,9-10,17-18,20-21,36-37H2,1-2H3,(H,39,40,41,42);1H/t22?,23?,25-,28-,31-;/m0./s1. The van der Waals surface area contributed by atoms with E-state index in [1.165, 1.54) is 4.90 Å². The first-order chi connectivity index (χ1) is 22.8. The molecule has 254 valence electrons. The van der Waals surface area contributed by atoms with E-state index in [2.05, 4.69) is 45.4 Å². The second-order valence-electron chi connectivity index (χ2n) is 12.8. The zero-order chi connectivity index (χ0) is 32.9. The summed E-state index contributed by atoms with van der Waals surface area (Å²) in [5, 5.41) is 14.1. The number of carbonyl (C=O) groups is 2. The molecule has 0 radical (unpaired) electrons. The molecule has 3 heterocycles. The van der Waals surface area contributed by atoms with Gasteiger partial charge in [-0.25, -0.2) is 9.88 Å². The number of rotatable bonds is 9. The maximum atomic E-state index is 14.0. The number of morpholine rings is 1. The number of tetrazole rings is 1. The van der Waals surface area contributed by atoms with E-state index in [1.807, 2.05) is 36.5 Å². The molecule has 2 fully saturated rings. The van der Waals surface area contributed by atoms with Crippen molar-refractivity contribution in [2.75, 3.05) is 29.4 Å². The van der Waals surface area contributed by atoms with Gasteiger partial charge in [-0.2, -0.15) is 5.21 Å². The van der Waals surface area contributed by atoms with Crippen LogP contribution in [0.4, 0.5) is 11.5 Å². The van der Waals surface area contributed by atoms with Crippen molar-refractivity contribution in [3.05, 3.63) is 72.4 Å². The zero-order valence-corrected chi connectivity index (χ0v) is 28.2. The molecular weight excluding hydrogens is 630 g/mol. The number of nitrogens with one attached hydrogen (secondary N) is 1. The second-order valence-corrected chi connectivity index (χ2v) is 12.8. The first kappa shape index (κ1) is 35.1. The molecule has 2 aromatic heterocycles. The Bertz CT molecular complexity index is 1620. The lowest BCUT2D eigenvalue weighted by atomic mass is 9.81. The van der Waals surface area contributed by atoms with Crippen molar-refractivity contribution in [1.82, 2.24) is 25.6 Å². The summed E-state index contributed by atoms with van der Waals surface area (Å²) in [7, 11) is 0. The van der Waals surface area contributed by atoms with Crippen molar-refractivity contribution in [1.29, 1.82) is 0 Å². The molecule has 48 heavy (non-hydrogen) atoms. The third kappa shape index (κ3) is 8.07. The molecule has 2 unspecified atom stereocenters. The highest BCUT2D eigenvalue weighted by molar-refractivity contribution is 6.17. The van der Waals surface area contributed by atoms with Crippen LogP contribution in [-0.2, 0) is 20.7 Å². The SMILES string of the molecule is CC1CN(c2ccc(-c3ccc(C[C@H](N)C(=O)N(c4ccc(-c5nn[nH]n5)cc4)C(=O)[C@H]4CC[C@H](CN)CC4)cc3)cn2)CC(C)O1.Cl. The Kier molecular flexibility index (Phi) is 11.5. The largest absolute Gasteiger partial charge is 0.372 e. The molecule has 6 rings (SSSR count). The first-order valence-electron chi connectivity index (χ1n) is 16.4. The van der Waals surface area contributed by atoms with Gasteiger partial charge in [-0.3, -0.25) is 9.59 Å². The number of imide groups is 1. The molecule has 1 saturated carbocycles. The predicted molar refractivity (Wildman–Crippen MR) is 187 cm³/mol. The number of carbonyl (C=O) groups excluding carboxylic acids is 2. The van der Waals surface area contributed by atoms with Crippen molar-refractivity contribution in [3.63, 3.8) is 0 Å². The zero-order valence-electron chi connectivity index (χ0n) is 27.4. The fourth-order valence-electron chi connectivity index (χ4n) is 6.68. The van der Waals surface area contributed by atoms with Gasteiger partial charge in [0.1, 0.15) is 5.82 Å². The number of anilines is 2. The normalized spacial score (nSPS) is 21.6. The third-order valence-corrected chi connectivity index (χ3v) is 9.25. The van der Waals surface area contributed by atoms with Crippen LogP contribution in [0, 0.1) is 11.8 Å². The number of benzene rings is 2. The van der Waals surface area contributed by atoms with Crippen LogP contribution in [0.3, 0.4) is 0 Å². The van der Waals surface area contributed by atoms with Crippen LogP contribution >= 0.6 is 12.4 Å². The number of aromatic amines is 1. The van der Waals surface area contributed by atoms with Gasteiger partial charge in [-0.1, -0.05) is 24.3 Å². The highest BCUT2D eigenvalue weighted by atomic mass is 35.5. The van der Waals surface area contributed by atoms with Crippen molar-refractivity contribution in [3.8, 4) is 22.5 Å². The summed E-state index contributed by atoms with van der Waals surface area (Å²) in [5.74, 6) is 0.857. The smallest absolute Gasteiger partial charge is 0.251 e. The van der Waals surface area contributed by atoms with Crippen molar-refractivity contribution in [2.45, 2.75) is 64.2 Å². The lowest BCUT2D eigenvalue weighted by molar-refractivity contribution is -0.130. The molecule has 2 aromatic carbocycles. The molecular formula is C35H44ClN9O3. The van der Waals surface area contributed by atoms with Gasteiger partial charge in [0.05, 0.1) is 23.9 Å². The van der Waals surface area contributed by atoms with Gasteiger partial charge >= 0.3 is 0 Å². The molecule has 4 aromatic rings. The van der Waals surface area contributed by atoms with Gasteiger partial charge in [-0.05, 0) is 111 Å². The van der Waals surface area contributed by atoms with E-state index >= 15 is 0 Å². The molecule has 3 atom stereocenters. The summed E-state index contributed by atoms with van der Waals surface area (Å²) in [4.78, 5) is 36.1. The van der Waals surface area contributed by atoms with Crippen molar-refractivity contribution < 1.29 is 14.3 Å². The molecule has 13 heteroatoms. The highest BCUT2D eigenvalue weighted by Gasteiger charge is 2.35. The van der Waals surface area contributed by atoms with Gasteiger partial charge in [0.25, 0.3) is 5.91 Å². The van der Waals surface area contributed by atoms with E-state index in [1.54, 1.807) is 24.3 Å². The summed E-state index contributed by atoms with van der Waals surface area (Å²) < 4.78 is 5.85. The molecule has 1 saturated heterocycles. The molecule has 5 N–H and O–H groups in total. The highest BCUT2D eigenvalue weighted by Crippen LogP contribution is 2.32. The number of pyridine rings is 1. The van der Waals surface area contributed by atoms with E-state index in [-0.39, 0.29) is 42.9 Å². The summed E-state index contributed by atoms with van der Waals surface area (Å²) in [6, 6.07) is 18.2. The fraction of sp³-hybridized carbons (Fsp3) is 0.429.